The van der Waals surface area contributed by atoms with Crippen LogP contribution in [0.2, 0.25) is 0 Å². The van der Waals surface area contributed by atoms with E-state index in [1.54, 1.807) is 6.92 Å². The number of ether oxygens (including phenoxy) is 2. The fourth-order valence-electron chi connectivity index (χ4n) is 2.88. The molecule has 1 saturated carbocycles. The minimum Gasteiger partial charge on any atom is -0.475 e. The average Bonchev–Trinajstić information content (AvgIpc) is 3.03. The van der Waals surface area contributed by atoms with Crippen LogP contribution in [0.1, 0.15) is 36.0 Å². The molecule has 2 fully saturated rings. The number of carboxylic acids is 1. The van der Waals surface area contributed by atoms with Crippen molar-refractivity contribution >= 4 is 18.0 Å². The summed E-state index contributed by atoms with van der Waals surface area (Å²) in [6, 6.07) is 1.59. The van der Waals surface area contributed by atoms with Crippen molar-refractivity contribution in [3.63, 3.8) is 0 Å². The van der Waals surface area contributed by atoms with Gasteiger partial charge in [-0.2, -0.15) is 13.2 Å². The second-order valence-corrected chi connectivity index (χ2v) is 6.63. The molecule has 13 heteroatoms. The highest BCUT2D eigenvalue weighted by atomic mass is 19.4. The highest BCUT2D eigenvalue weighted by Gasteiger charge is 2.48. The first-order valence-corrected chi connectivity index (χ1v) is 8.61. The lowest BCUT2D eigenvalue weighted by Crippen LogP contribution is -2.65. The molecule has 1 spiro atoms. The zero-order chi connectivity index (χ0) is 21.7. The topological polar surface area (TPSA) is 140 Å². The van der Waals surface area contributed by atoms with Crippen LogP contribution >= 0.6 is 0 Å². The van der Waals surface area contributed by atoms with Crippen LogP contribution in [0.15, 0.2) is 10.6 Å². The molecule has 10 nitrogen and oxygen atoms in total. The van der Waals surface area contributed by atoms with Gasteiger partial charge >= 0.3 is 24.2 Å². The summed E-state index contributed by atoms with van der Waals surface area (Å²) < 4.78 is 46.5. The molecule has 2 heterocycles. The predicted octanol–water partition coefficient (Wildman–Crippen LogP) is 1.46. The number of nitrogens with zero attached hydrogens (tertiary/aromatic N) is 1. The van der Waals surface area contributed by atoms with Gasteiger partial charge in [0.15, 0.2) is 18.1 Å². The van der Waals surface area contributed by atoms with Crippen molar-refractivity contribution < 1.29 is 46.7 Å². The SMILES string of the molecule is CCOC(=O)c1cc(COC(=O)NC2CC3(CNC3)C2)on1.O=C(O)C(F)(F)F. The Labute approximate surface area is 162 Å². The number of carboxylic acid groups (broad SMARTS) is 1. The molecule has 29 heavy (non-hydrogen) atoms. The van der Waals surface area contributed by atoms with Gasteiger partial charge < -0.3 is 29.7 Å². The lowest BCUT2D eigenvalue weighted by Gasteiger charge is -2.54. The molecule has 0 radical (unpaired) electrons. The highest BCUT2D eigenvalue weighted by molar-refractivity contribution is 5.87. The highest BCUT2D eigenvalue weighted by Crippen LogP contribution is 2.44. The van der Waals surface area contributed by atoms with Gasteiger partial charge in [0.1, 0.15) is 0 Å². The third-order valence-corrected chi connectivity index (χ3v) is 4.31. The summed E-state index contributed by atoms with van der Waals surface area (Å²) in [5.41, 5.74) is 0.469. The average molecular weight is 423 g/mol. The van der Waals surface area contributed by atoms with Crippen molar-refractivity contribution in [2.75, 3.05) is 19.7 Å². The summed E-state index contributed by atoms with van der Waals surface area (Å²) in [6.07, 6.45) is -3.59. The van der Waals surface area contributed by atoms with Crippen LogP contribution in [0.5, 0.6) is 0 Å². The predicted molar refractivity (Wildman–Crippen MR) is 87.8 cm³/mol. The van der Waals surface area contributed by atoms with Crippen LogP contribution in [-0.4, -0.2) is 60.2 Å². The van der Waals surface area contributed by atoms with E-state index in [9.17, 15) is 22.8 Å². The molecule has 1 saturated heterocycles. The Hall–Kier alpha value is -2.83. The minimum atomic E-state index is -5.08. The number of hydrogen-bond donors (Lipinski definition) is 3. The molecule has 1 aromatic heterocycles. The monoisotopic (exact) mass is 423 g/mol. The number of aliphatic carboxylic acids is 1. The Morgan fingerprint density at radius 3 is 2.45 bits per heavy atom. The Bertz CT molecular complexity index is 738. The van der Waals surface area contributed by atoms with Crippen LogP contribution in [0.3, 0.4) is 0 Å². The number of hydrogen-bond acceptors (Lipinski definition) is 8. The summed E-state index contributed by atoms with van der Waals surface area (Å²) in [5.74, 6) is -3.02. The Morgan fingerprint density at radius 2 is 1.97 bits per heavy atom. The summed E-state index contributed by atoms with van der Waals surface area (Å²) in [6.45, 7) is 3.97. The molecule has 1 aromatic rings. The largest absolute Gasteiger partial charge is 0.490 e. The van der Waals surface area contributed by atoms with Gasteiger partial charge in [-0.1, -0.05) is 5.16 Å². The van der Waals surface area contributed by atoms with E-state index >= 15 is 0 Å². The van der Waals surface area contributed by atoms with Crippen LogP contribution in [0.25, 0.3) is 0 Å². The third kappa shape index (κ3) is 6.34. The molecule has 3 rings (SSSR count). The van der Waals surface area contributed by atoms with E-state index in [2.05, 4.69) is 15.8 Å². The molecule has 1 aliphatic heterocycles. The molecule has 162 valence electrons. The van der Waals surface area contributed by atoms with Crippen LogP contribution in [-0.2, 0) is 20.9 Å². The molecular weight excluding hydrogens is 403 g/mol. The first-order chi connectivity index (χ1) is 13.5. The number of halogens is 3. The Kier molecular flexibility index (Phi) is 7.06. The van der Waals surface area contributed by atoms with E-state index in [0.717, 1.165) is 25.9 Å². The number of carbonyl (C=O) groups excluding carboxylic acids is 2. The quantitative estimate of drug-likeness (QED) is 0.601. The van der Waals surface area contributed by atoms with Crippen molar-refractivity contribution in [2.45, 2.75) is 38.6 Å². The third-order valence-electron chi connectivity index (χ3n) is 4.31. The van der Waals surface area contributed by atoms with Crippen LogP contribution in [0, 0.1) is 5.41 Å². The Balaban J connectivity index is 0.000000370. The summed E-state index contributed by atoms with van der Waals surface area (Å²) in [5, 5.41) is 16.8. The van der Waals surface area contributed by atoms with Crippen molar-refractivity contribution in [1.82, 2.24) is 15.8 Å². The molecule has 0 bridgehead atoms. The Morgan fingerprint density at radius 1 is 1.34 bits per heavy atom. The van der Waals surface area contributed by atoms with Crippen molar-refractivity contribution in [2.24, 2.45) is 5.41 Å². The van der Waals surface area contributed by atoms with Crippen molar-refractivity contribution in [3.8, 4) is 0 Å². The van der Waals surface area contributed by atoms with E-state index in [1.165, 1.54) is 6.07 Å². The number of nitrogens with one attached hydrogen (secondary N) is 2. The van der Waals surface area contributed by atoms with Gasteiger partial charge in [0.2, 0.25) is 0 Å². The maximum Gasteiger partial charge on any atom is 0.490 e. The van der Waals surface area contributed by atoms with Crippen molar-refractivity contribution in [3.05, 3.63) is 17.5 Å². The number of rotatable bonds is 5. The first kappa shape index (κ1) is 22.5. The van der Waals surface area contributed by atoms with Crippen LogP contribution in [0.4, 0.5) is 18.0 Å². The fraction of sp³-hybridized carbons (Fsp3) is 0.625. The van der Waals surface area contributed by atoms with Crippen molar-refractivity contribution in [1.29, 1.82) is 0 Å². The molecule has 1 amide bonds. The van der Waals surface area contributed by atoms with Gasteiger partial charge in [0.25, 0.3) is 0 Å². The van der Waals surface area contributed by atoms with E-state index < -0.39 is 24.2 Å². The van der Waals surface area contributed by atoms with E-state index in [-0.39, 0.29) is 24.9 Å². The van der Waals surface area contributed by atoms with Gasteiger partial charge in [0, 0.05) is 25.2 Å². The van der Waals surface area contributed by atoms with Gasteiger partial charge in [0.05, 0.1) is 6.61 Å². The first-order valence-electron chi connectivity index (χ1n) is 8.61. The second-order valence-electron chi connectivity index (χ2n) is 6.63. The fourth-order valence-corrected chi connectivity index (χ4v) is 2.88. The second kappa shape index (κ2) is 9.11. The summed E-state index contributed by atoms with van der Waals surface area (Å²) >= 11 is 0. The maximum absolute atomic E-state index is 11.7. The number of esters is 1. The van der Waals surface area contributed by atoms with E-state index in [4.69, 9.17) is 23.9 Å². The molecule has 0 atom stereocenters. The molecule has 1 aliphatic carbocycles. The maximum atomic E-state index is 11.7. The standard InChI is InChI=1S/C14H19N3O5.C2HF3O2/c1-2-20-12(18)11-3-10(22-17-11)6-21-13(19)16-9-4-14(5-9)7-15-8-14;3-2(4,5)1(6)7/h3,9,15H,2,4-8H2,1H3,(H,16,19);(H,6,7). The molecular formula is C16H20F3N3O7. The van der Waals surface area contributed by atoms with Gasteiger partial charge in [-0.15, -0.1) is 0 Å². The smallest absolute Gasteiger partial charge is 0.475 e. The number of alkyl carbamates (subject to hydrolysis) is 1. The molecule has 0 unspecified atom stereocenters. The van der Waals surface area contributed by atoms with Gasteiger partial charge in [-0.3, -0.25) is 0 Å². The molecule has 0 aromatic carbocycles. The molecule has 3 N–H and O–H groups in total. The van der Waals surface area contributed by atoms with E-state index in [1.807, 2.05) is 0 Å². The zero-order valence-corrected chi connectivity index (χ0v) is 15.4. The zero-order valence-electron chi connectivity index (χ0n) is 15.4. The summed E-state index contributed by atoms with van der Waals surface area (Å²) in [4.78, 5) is 32.0. The number of amides is 1. The number of aromatic nitrogens is 1. The molecule has 2 aliphatic rings. The van der Waals surface area contributed by atoms with Crippen LogP contribution < -0.4 is 10.6 Å². The van der Waals surface area contributed by atoms with Gasteiger partial charge in [-0.05, 0) is 25.2 Å². The number of alkyl halides is 3. The minimum absolute atomic E-state index is 0.0688. The summed E-state index contributed by atoms with van der Waals surface area (Å²) in [7, 11) is 0. The van der Waals surface area contributed by atoms with E-state index in [0.29, 0.717) is 11.2 Å². The lowest BCUT2D eigenvalue weighted by molar-refractivity contribution is -0.192. The lowest BCUT2D eigenvalue weighted by atomic mass is 9.62. The van der Waals surface area contributed by atoms with Gasteiger partial charge in [-0.25, -0.2) is 14.4 Å². The normalized spacial score (nSPS) is 17.2. The number of carbonyl (C=O) groups is 3.